The SMILES string of the molecule is O[C@]12CC[C@H]3CO[C@@H](O1)[C@H]3C2. The van der Waals surface area contributed by atoms with Crippen LogP contribution in [0.5, 0.6) is 0 Å². The Hall–Kier alpha value is -0.120. The van der Waals surface area contributed by atoms with Crippen LogP contribution in [0.4, 0.5) is 0 Å². The number of aliphatic hydroxyl groups is 1. The lowest BCUT2D eigenvalue weighted by Crippen LogP contribution is -2.34. The van der Waals surface area contributed by atoms with Crippen LogP contribution in [0.1, 0.15) is 19.3 Å². The molecule has 0 spiro atoms. The summed E-state index contributed by atoms with van der Waals surface area (Å²) < 4.78 is 10.8. The van der Waals surface area contributed by atoms with Crippen LogP contribution >= 0.6 is 0 Å². The smallest absolute Gasteiger partial charge is 0.169 e. The molecule has 11 heavy (non-hydrogen) atoms. The average Bonchev–Trinajstić information content (AvgIpc) is 2.38. The Morgan fingerprint density at radius 2 is 2.36 bits per heavy atom. The lowest BCUT2D eigenvalue weighted by atomic mass is 9.80. The van der Waals surface area contributed by atoms with Gasteiger partial charge in [-0.25, -0.2) is 0 Å². The molecule has 3 fully saturated rings. The summed E-state index contributed by atoms with van der Waals surface area (Å²) in [7, 11) is 0. The molecule has 4 atom stereocenters. The van der Waals surface area contributed by atoms with Gasteiger partial charge in [0.05, 0.1) is 6.61 Å². The zero-order valence-corrected chi connectivity index (χ0v) is 6.32. The summed E-state index contributed by atoms with van der Waals surface area (Å²) in [5, 5.41) is 9.74. The van der Waals surface area contributed by atoms with E-state index in [0.29, 0.717) is 11.8 Å². The summed E-state index contributed by atoms with van der Waals surface area (Å²) in [6, 6.07) is 0. The van der Waals surface area contributed by atoms with Crippen molar-refractivity contribution in [2.24, 2.45) is 11.8 Å². The maximum atomic E-state index is 9.74. The molecule has 62 valence electrons. The number of fused-ring (bicyclic) bond motifs is 1. The minimum absolute atomic E-state index is 0.0903. The van der Waals surface area contributed by atoms with Gasteiger partial charge in [-0.2, -0.15) is 0 Å². The quantitative estimate of drug-likeness (QED) is 0.554. The van der Waals surface area contributed by atoms with Crippen LogP contribution in [0.2, 0.25) is 0 Å². The Bertz CT molecular complexity index is 190. The fourth-order valence-corrected chi connectivity index (χ4v) is 2.57. The molecule has 1 aliphatic carbocycles. The third kappa shape index (κ3) is 0.736. The van der Waals surface area contributed by atoms with E-state index in [9.17, 15) is 5.11 Å². The van der Waals surface area contributed by atoms with Crippen molar-refractivity contribution in [3.8, 4) is 0 Å². The second-order valence-corrected chi connectivity index (χ2v) is 3.93. The number of rotatable bonds is 0. The van der Waals surface area contributed by atoms with Crippen LogP contribution in [0.25, 0.3) is 0 Å². The first kappa shape index (κ1) is 6.40. The van der Waals surface area contributed by atoms with Gasteiger partial charge >= 0.3 is 0 Å². The van der Waals surface area contributed by atoms with Gasteiger partial charge in [0.15, 0.2) is 12.1 Å². The minimum atomic E-state index is -0.827. The van der Waals surface area contributed by atoms with Crippen LogP contribution in [0.3, 0.4) is 0 Å². The zero-order valence-electron chi connectivity index (χ0n) is 6.32. The third-order valence-electron chi connectivity index (χ3n) is 3.23. The van der Waals surface area contributed by atoms with E-state index in [-0.39, 0.29) is 6.29 Å². The minimum Gasteiger partial charge on any atom is -0.365 e. The molecule has 0 amide bonds. The van der Waals surface area contributed by atoms with Crippen molar-refractivity contribution >= 4 is 0 Å². The van der Waals surface area contributed by atoms with E-state index >= 15 is 0 Å². The molecule has 3 heteroatoms. The molecule has 3 aliphatic rings. The first-order chi connectivity index (χ1) is 5.27. The molecule has 0 radical (unpaired) electrons. The Morgan fingerprint density at radius 3 is 3.27 bits per heavy atom. The van der Waals surface area contributed by atoms with Crippen molar-refractivity contribution in [1.29, 1.82) is 0 Å². The molecule has 2 aliphatic heterocycles. The molecule has 0 unspecified atom stereocenters. The predicted octanol–water partition coefficient (Wildman–Crippen LogP) is 0.478. The molecule has 3 rings (SSSR count). The van der Waals surface area contributed by atoms with Gasteiger partial charge < -0.3 is 14.6 Å². The van der Waals surface area contributed by atoms with Gasteiger partial charge in [0.1, 0.15) is 0 Å². The number of ether oxygens (including phenoxy) is 2. The molecule has 2 heterocycles. The highest BCUT2D eigenvalue weighted by molar-refractivity contribution is 4.95. The second kappa shape index (κ2) is 1.79. The number of hydrogen-bond donors (Lipinski definition) is 1. The Morgan fingerprint density at radius 1 is 1.45 bits per heavy atom. The average molecular weight is 156 g/mol. The van der Waals surface area contributed by atoms with Crippen molar-refractivity contribution in [2.45, 2.75) is 31.3 Å². The van der Waals surface area contributed by atoms with E-state index < -0.39 is 5.79 Å². The second-order valence-electron chi connectivity index (χ2n) is 3.93. The highest BCUT2D eigenvalue weighted by Crippen LogP contribution is 2.50. The molecule has 0 aromatic carbocycles. The van der Waals surface area contributed by atoms with Crippen LogP contribution < -0.4 is 0 Å². The van der Waals surface area contributed by atoms with E-state index in [1.165, 1.54) is 0 Å². The van der Waals surface area contributed by atoms with E-state index in [2.05, 4.69) is 0 Å². The van der Waals surface area contributed by atoms with Gasteiger partial charge in [-0.05, 0) is 12.3 Å². The lowest BCUT2D eigenvalue weighted by molar-refractivity contribution is -0.252. The summed E-state index contributed by atoms with van der Waals surface area (Å²) in [6.45, 7) is 0.839. The van der Waals surface area contributed by atoms with Gasteiger partial charge in [-0.15, -0.1) is 0 Å². The van der Waals surface area contributed by atoms with Crippen molar-refractivity contribution in [3.63, 3.8) is 0 Å². The van der Waals surface area contributed by atoms with Crippen LogP contribution in [-0.2, 0) is 9.47 Å². The van der Waals surface area contributed by atoms with Crippen LogP contribution in [0, 0.1) is 11.8 Å². The third-order valence-corrected chi connectivity index (χ3v) is 3.23. The predicted molar refractivity (Wildman–Crippen MR) is 36.6 cm³/mol. The summed E-state index contributed by atoms with van der Waals surface area (Å²) in [5.41, 5.74) is 0. The Balaban J connectivity index is 1.96. The first-order valence-corrected chi connectivity index (χ1v) is 4.29. The topological polar surface area (TPSA) is 38.7 Å². The van der Waals surface area contributed by atoms with E-state index in [0.717, 1.165) is 25.9 Å². The molecule has 0 aromatic heterocycles. The molecule has 2 saturated heterocycles. The standard InChI is InChI=1S/C8H12O3/c9-8-2-1-5-4-10-7(11-8)6(5)3-8/h5-7,9H,1-4H2/t5-,6-,7-,8+/m0/s1. The fraction of sp³-hybridized carbons (Fsp3) is 1.00. The van der Waals surface area contributed by atoms with E-state index in [4.69, 9.17) is 9.47 Å². The highest BCUT2D eigenvalue weighted by Gasteiger charge is 2.55. The fourth-order valence-electron chi connectivity index (χ4n) is 2.57. The van der Waals surface area contributed by atoms with Gasteiger partial charge in [0.2, 0.25) is 0 Å². The maximum absolute atomic E-state index is 9.74. The van der Waals surface area contributed by atoms with E-state index in [1.54, 1.807) is 0 Å². The lowest BCUT2D eigenvalue weighted by Gasteiger charge is -2.29. The molecular formula is C8H12O3. The molecule has 0 aromatic rings. The van der Waals surface area contributed by atoms with Gasteiger partial charge in [-0.1, -0.05) is 0 Å². The highest BCUT2D eigenvalue weighted by atomic mass is 16.7. The maximum Gasteiger partial charge on any atom is 0.169 e. The first-order valence-electron chi connectivity index (χ1n) is 4.29. The molecular weight excluding hydrogens is 144 g/mol. The summed E-state index contributed by atoms with van der Waals surface area (Å²) in [4.78, 5) is 0. The molecule has 1 N–H and O–H groups in total. The monoisotopic (exact) mass is 156 g/mol. The van der Waals surface area contributed by atoms with Gasteiger partial charge in [0, 0.05) is 18.8 Å². The van der Waals surface area contributed by atoms with Gasteiger partial charge in [0.25, 0.3) is 0 Å². The number of hydrogen-bond acceptors (Lipinski definition) is 3. The summed E-state index contributed by atoms with van der Waals surface area (Å²) in [5.74, 6) is 0.309. The van der Waals surface area contributed by atoms with Crippen molar-refractivity contribution < 1.29 is 14.6 Å². The van der Waals surface area contributed by atoms with Crippen LogP contribution in [-0.4, -0.2) is 23.8 Å². The Labute approximate surface area is 65.3 Å². The Kier molecular flexibility index (Phi) is 1.04. The van der Waals surface area contributed by atoms with E-state index in [1.807, 2.05) is 0 Å². The molecule has 1 saturated carbocycles. The van der Waals surface area contributed by atoms with Gasteiger partial charge in [-0.3, -0.25) is 0 Å². The van der Waals surface area contributed by atoms with Crippen molar-refractivity contribution in [1.82, 2.24) is 0 Å². The zero-order chi connectivity index (χ0) is 7.47. The normalized spacial score (nSPS) is 60.3. The summed E-state index contributed by atoms with van der Waals surface area (Å²) >= 11 is 0. The van der Waals surface area contributed by atoms with Crippen molar-refractivity contribution in [3.05, 3.63) is 0 Å². The molecule has 2 bridgehead atoms. The van der Waals surface area contributed by atoms with Crippen LogP contribution in [0.15, 0.2) is 0 Å². The van der Waals surface area contributed by atoms with Crippen molar-refractivity contribution in [2.75, 3.05) is 6.61 Å². The largest absolute Gasteiger partial charge is 0.365 e. The molecule has 3 nitrogen and oxygen atoms in total. The summed E-state index contributed by atoms with van der Waals surface area (Å²) in [6.07, 6.45) is 2.57.